The van der Waals surface area contributed by atoms with Crippen LogP contribution < -0.4 is 17.1 Å². The second-order valence-corrected chi connectivity index (χ2v) is 3.04. The van der Waals surface area contributed by atoms with Gasteiger partial charge in [-0.05, 0) is 11.4 Å². The summed E-state index contributed by atoms with van der Waals surface area (Å²) >= 11 is 1.10. The van der Waals surface area contributed by atoms with Gasteiger partial charge in [-0.2, -0.15) is 5.10 Å². The lowest BCUT2D eigenvalue weighted by Crippen LogP contribution is -2.32. The van der Waals surface area contributed by atoms with Crippen LogP contribution in [0.4, 0.5) is 8.78 Å². The zero-order valence-corrected chi connectivity index (χ0v) is 7.31. The van der Waals surface area contributed by atoms with Crippen molar-refractivity contribution in [1.29, 1.82) is 0 Å². The number of rotatable bonds is 2. The first-order valence-corrected chi connectivity index (χ1v) is 4.19. The summed E-state index contributed by atoms with van der Waals surface area (Å²) in [6, 6.07) is 1.31. The van der Waals surface area contributed by atoms with Crippen LogP contribution in [0.25, 0.3) is 0 Å². The zero-order chi connectivity index (χ0) is 9.84. The molecule has 0 bridgehead atoms. The number of alkyl halides is 2. The van der Waals surface area contributed by atoms with Gasteiger partial charge < -0.3 is 11.3 Å². The molecule has 0 aliphatic rings. The molecule has 4 nitrogen and oxygen atoms in total. The van der Waals surface area contributed by atoms with E-state index >= 15 is 0 Å². The Hall–Kier alpha value is -1.21. The van der Waals surface area contributed by atoms with Crippen molar-refractivity contribution < 1.29 is 8.78 Å². The molecule has 0 unspecified atom stereocenters. The van der Waals surface area contributed by atoms with E-state index in [1.54, 1.807) is 0 Å². The van der Waals surface area contributed by atoms with E-state index in [4.69, 9.17) is 11.7 Å². The maximum absolute atomic E-state index is 12.3. The number of amidine groups is 1. The number of hydrogen-bond donors (Lipinski definition) is 3. The van der Waals surface area contributed by atoms with Gasteiger partial charge >= 0.3 is 0 Å². The largest absolute Gasteiger partial charge is 0.321 e. The van der Waals surface area contributed by atoms with E-state index in [0.717, 1.165) is 11.3 Å². The first-order valence-electron chi connectivity index (χ1n) is 3.31. The minimum atomic E-state index is -2.55. The summed E-state index contributed by atoms with van der Waals surface area (Å²) in [6.07, 6.45) is -2.55. The molecular formula is C6H8F2N4S. The monoisotopic (exact) mass is 206 g/mol. The molecule has 1 aromatic heterocycles. The average molecular weight is 206 g/mol. The van der Waals surface area contributed by atoms with Crippen LogP contribution in [0.2, 0.25) is 0 Å². The van der Waals surface area contributed by atoms with Gasteiger partial charge in [0.1, 0.15) is 0 Å². The van der Waals surface area contributed by atoms with Crippen LogP contribution in [0.5, 0.6) is 0 Å². The summed E-state index contributed by atoms with van der Waals surface area (Å²) in [5.74, 6) is 10.1. The molecule has 0 aliphatic heterocycles. The lowest BCUT2D eigenvalue weighted by molar-refractivity contribution is 0.151. The molecule has 0 saturated carbocycles. The molecule has 0 saturated heterocycles. The Labute approximate surface area is 77.2 Å². The molecule has 0 fully saturated rings. The first-order chi connectivity index (χ1) is 6.20. The third-order valence-corrected chi connectivity index (χ3v) is 2.35. The van der Waals surface area contributed by atoms with Crippen molar-refractivity contribution >= 4 is 17.2 Å². The summed E-state index contributed by atoms with van der Waals surface area (Å²) in [5.41, 5.74) is 2.03. The molecule has 0 spiro atoms. The third kappa shape index (κ3) is 1.93. The number of nitrogens with two attached hydrogens (primary N) is 2. The summed E-state index contributed by atoms with van der Waals surface area (Å²) in [5, 5.41) is 4.78. The average Bonchev–Trinajstić information content (AvgIpc) is 2.55. The lowest BCUT2D eigenvalue weighted by atomic mass is 10.2. The van der Waals surface area contributed by atoms with Crippen LogP contribution in [0.1, 0.15) is 16.9 Å². The highest BCUT2D eigenvalue weighted by atomic mass is 32.1. The highest BCUT2D eigenvalue weighted by molar-refractivity contribution is 7.12. The van der Waals surface area contributed by atoms with Crippen LogP contribution in [0.3, 0.4) is 0 Å². The van der Waals surface area contributed by atoms with Gasteiger partial charge in [0.15, 0.2) is 5.84 Å². The number of hydrazine groups is 1. The van der Waals surface area contributed by atoms with Gasteiger partial charge in [-0.1, -0.05) is 0 Å². The van der Waals surface area contributed by atoms with E-state index in [1.807, 2.05) is 0 Å². The van der Waals surface area contributed by atoms with Gasteiger partial charge in [-0.25, -0.2) is 14.6 Å². The minimum absolute atomic E-state index is 0.0605. The second-order valence-electron chi connectivity index (χ2n) is 2.13. The summed E-state index contributed by atoms with van der Waals surface area (Å²) in [7, 11) is 0. The Balaban J connectivity index is 3.06. The fraction of sp³-hybridized carbons (Fsp3) is 0.167. The SMILES string of the molecule is N/N=C(\NN)c1sccc1C(F)F. The zero-order valence-electron chi connectivity index (χ0n) is 6.50. The number of hydrazone groups is 1. The molecular weight excluding hydrogens is 198 g/mol. The van der Waals surface area contributed by atoms with Crippen LogP contribution in [0, 0.1) is 0 Å². The smallest absolute Gasteiger partial charge is 0.265 e. The van der Waals surface area contributed by atoms with Crippen molar-refractivity contribution in [2.24, 2.45) is 16.8 Å². The summed E-state index contributed by atoms with van der Waals surface area (Å²) in [6.45, 7) is 0. The third-order valence-electron chi connectivity index (χ3n) is 1.41. The normalized spacial score (nSPS) is 12.2. The van der Waals surface area contributed by atoms with Crippen molar-refractivity contribution in [3.63, 3.8) is 0 Å². The molecule has 0 aliphatic carbocycles. The fourth-order valence-electron chi connectivity index (χ4n) is 0.845. The van der Waals surface area contributed by atoms with Crippen LogP contribution in [-0.2, 0) is 0 Å². The quantitative estimate of drug-likeness (QED) is 0.289. The highest BCUT2D eigenvalue weighted by Gasteiger charge is 2.17. The number of thiophene rings is 1. The summed E-state index contributed by atoms with van der Waals surface area (Å²) in [4.78, 5) is 0.264. The van der Waals surface area contributed by atoms with Crippen molar-refractivity contribution in [2.45, 2.75) is 6.43 Å². The number of hydrogen-bond acceptors (Lipinski definition) is 4. The Kier molecular flexibility index (Phi) is 3.15. The predicted octanol–water partition coefficient (Wildman–Crippen LogP) is 0.769. The number of nitrogens with zero attached hydrogens (tertiary/aromatic N) is 1. The van der Waals surface area contributed by atoms with E-state index < -0.39 is 6.43 Å². The van der Waals surface area contributed by atoms with E-state index in [0.29, 0.717) is 0 Å². The topological polar surface area (TPSA) is 76.4 Å². The van der Waals surface area contributed by atoms with Crippen LogP contribution >= 0.6 is 11.3 Å². The number of nitrogens with one attached hydrogen (secondary N) is 1. The molecule has 1 rings (SSSR count). The molecule has 1 aromatic rings. The molecule has 0 atom stereocenters. The van der Waals surface area contributed by atoms with Gasteiger partial charge in [0, 0.05) is 5.56 Å². The van der Waals surface area contributed by atoms with Crippen LogP contribution in [-0.4, -0.2) is 5.84 Å². The second kappa shape index (κ2) is 4.15. The van der Waals surface area contributed by atoms with Gasteiger partial charge in [-0.3, -0.25) is 0 Å². The fourth-order valence-corrected chi connectivity index (χ4v) is 1.71. The van der Waals surface area contributed by atoms with E-state index in [-0.39, 0.29) is 16.3 Å². The molecule has 0 amide bonds. The first kappa shape index (κ1) is 9.87. The van der Waals surface area contributed by atoms with E-state index in [9.17, 15) is 8.78 Å². The van der Waals surface area contributed by atoms with Gasteiger partial charge in [-0.15, -0.1) is 11.3 Å². The Bertz CT molecular complexity index is 309. The van der Waals surface area contributed by atoms with Crippen LogP contribution in [0.15, 0.2) is 16.5 Å². The molecule has 0 aromatic carbocycles. The maximum atomic E-state index is 12.3. The van der Waals surface area contributed by atoms with Crippen molar-refractivity contribution in [3.8, 4) is 0 Å². The van der Waals surface area contributed by atoms with E-state index in [2.05, 4.69) is 10.5 Å². The Morgan fingerprint density at radius 3 is 2.77 bits per heavy atom. The summed E-state index contributed by atoms with van der Waals surface area (Å²) < 4.78 is 24.7. The highest BCUT2D eigenvalue weighted by Crippen LogP contribution is 2.26. The Morgan fingerprint density at radius 2 is 2.31 bits per heavy atom. The molecule has 0 radical (unpaired) electrons. The van der Waals surface area contributed by atoms with Gasteiger partial charge in [0.05, 0.1) is 4.88 Å². The number of halogens is 2. The molecule has 5 N–H and O–H groups in total. The minimum Gasteiger partial charge on any atom is -0.321 e. The Morgan fingerprint density at radius 1 is 1.62 bits per heavy atom. The van der Waals surface area contributed by atoms with Crippen molar-refractivity contribution in [1.82, 2.24) is 5.43 Å². The standard InChI is InChI=1S/C6H8F2N4S/c7-5(8)3-1-2-13-4(3)6(11-9)12-10/h1-2,5H,9-10H2,(H,11,12). The van der Waals surface area contributed by atoms with Crippen molar-refractivity contribution in [2.75, 3.05) is 0 Å². The molecule has 72 valence electrons. The van der Waals surface area contributed by atoms with Gasteiger partial charge in [0.25, 0.3) is 6.43 Å². The molecule has 13 heavy (non-hydrogen) atoms. The van der Waals surface area contributed by atoms with Crippen molar-refractivity contribution in [3.05, 3.63) is 21.9 Å². The molecule has 1 heterocycles. The predicted molar refractivity (Wildman–Crippen MR) is 47.3 cm³/mol. The maximum Gasteiger partial charge on any atom is 0.265 e. The molecule has 7 heteroatoms. The van der Waals surface area contributed by atoms with E-state index in [1.165, 1.54) is 11.4 Å². The van der Waals surface area contributed by atoms with Gasteiger partial charge in [0.2, 0.25) is 0 Å². The lowest BCUT2D eigenvalue weighted by Gasteiger charge is -2.03.